The lowest BCUT2D eigenvalue weighted by atomic mass is 10.00. The Morgan fingerprint density at radius 2 is 1.45 bits per heavy atom. The van der Waals surface area contributed by atoms with Crippen molar-refractivity contribution in [1.82, 2.24) is 9.55 Å². The highest BCUT2D eigenvalue weighted by atomic mass is 16.5. The first kappa shape index (κ1) is 19.1. The van der Waals surface area contributed by atoms with Crippen LogP contribution >= 0.6 is 0 Å². The van der Waals surface area contributed by atoms with Crippen LogP contribution in [-0.4, -0.2) is 16.2 Å². The lowest BCUT2D eigenvalue weighted by molar-refractivity contribution is 0.340. The minimum Gasteiger partial charge on any atom is -0.494 e. The van der Waals surface area contributed by atoms with Gasteiger partial charge in [0.2, 0.25) is 0 Å². The number of nitrogens with zero attached hydrogens (tertiary/aromatic N) is 2. The molecule has 2 aliphatic rings. The fourth-order valence-corrected chi connectivity index (χ4v) is 3.96. The summed E-state index contributed by atoms with van der Waals surface area (Å²) in [5.74, 6) is 1.88. The molecule has 0 saturated heterocycles. The van der Waals surface area contributed by atoms with Crippen LogP contribution in [-0.2, 0) is 6.54 Å². The summed E-state index contributed by atoms with van der Waals surface area (Å²) in [6.45, 7) is 3.44. The maximum atomic E-state index is 5.59. The first-order chi connectivity index (χ1) is 15.3. The number of ether oxygens (including phenoxy) is 1. The highest BCUT2D eigenvalue weighted by Crippen LogP contribution is 2.37. The molecule has 0 aromatic heterocycles. The monoisotopic (exact) mass is 404 g/mol. The molecule has 3 aromatic rings. The molecule has 0 radical (unpaired) electrons. The summed E-state index contributed by atoms with van der Waals surface area (Å²) in [6.07, 6.45) is 2.15. The molecule has 2 heterocycles. The molecule has 0 saturated carbocycles. The molecule has 2 aliphatic heterocycles. The smallest absolute Gasteiger partial charge is 0.141 e. The fourth-order valence-electron chi connectivity index (χ4n) is 3.96. The maximum absolute atomic E-state index is 5.59. The van der Waals surface area contributed by atoms with Gasteiger partial charge in [-0.1, -0.05) is 60.7 Å². The van der Waals surface area contributed by atoms with Crippen molar-refractivity contribution in [3.63, 3.8) is 0 Å². The van der Waals surface area contributed by atoms with Gasteiger partial charge in [-0.2, -0.15) is 0 Å². The molecule has 5 rings (SSSR count). The Hall–Kier alpha value is -3.85. The van der Waals surface area contributed by atoms with Crippen LogP contribution in [0.1, 0.15) is 12.5 Å². The van der Waals surface area contributed by atoms with Crippen LogP contribution in [0.2, 0.25) is 0 Å². The van der Waals surface area contributed by atoms with E-state index in [0.717, 1.165) is 34.9 Å². The highest BCUT2D eigenvalue weighted by molar-refractivity contribution is 5.85. The number of fused-ring (bicyclic) bond motifs is 1. The van der Waals surface area contributed by atoms with Crippen LogP contribution in [0.4, 0.5) is 0 Å². The van der Waals surface area contributed by atoms with Crippen LogP contribution in [0.3, 0.4) is 0 Å². The van der Waals surface area contributed by atoms with Gasteiger partial charge in [0.1, 0.15) is 11.6 Å². The molecule has 0 spiro atoms. The average molecular weight is 405 g/mol. The van der Waals surface area contributed by atoms with Gasteiger partial charge in [0.05, 0.1) is 12.3 Å². The zero-order valence-corrected chi connectivity index (χ0v) is 17.5. The number of hydrogen-bond donors (Lipinski definition) is 0. The van der Waals surface area contributed by atoms with Crippen molar-refractivity contribution in [2.45, 2.75) is 13.5 Å². The van der Waals surface area contributed by atoms with Crippen molar-refractivity contribution in [2.75, 3.05) is 6.61 Å². The number of hydrogen-bond acceptors (Lipinski definition) is 2. The predicted molar refractivity (Wildman–Crippen MR) is 126 cm³/mol. The van der Waals surface area contributed by atoms with Gasteiger partial charge >= 0.3 is 0 Å². The second-order valence-corrected chi connectivity index (χ2v) is 7.54. The molecule has 0 bridgehead atoms. The normalized spacial score (nSPS) is 11.0. The molecule has 0 amide bonds. The second kappa shape index (κ2) is 8.49. The molecule has 0 atom stereocenters. The first-order valence-corrected chi connectivity index (χ1v) is 10.6. The van der Waals surface area contributed by atoms with Crippen LogP contribution in [0.25, 0.3) is 33.8 Å². The summed E-state index contributed by atoms with van der Waals surface area (Å²) in [7, 11) is 0. The van der Waals surface area contributed by atoms with Gasteiger partial charge < -0.3 is 9.30 Å². The molecule has 0 unspecified atom stereocenters. The third kappa shape index (κ3) is 3.95. The van der Waals surface area contributed by atoms with E-state index in [9.17, 15) is 0 Å². The fraction of sp³-hybridized carbons (Fsp3) is 0.107. The minimum atomic E-state index is 0.664. The second-order valence-electron chi connectivity index (χ2n) is 7.54. The summed E-state index contributed by atoms with van der Waals surface area (Å²) in [5.41, 5.74) is 6.88. The van der Waals surface area contributed by atoms with E-state index in [4.69, 9.17) is 9.72 Å². The van der Waals surface area contributed by atoms with Crippen molar-refractivity contribution in [2.24, 2.45) is 0 Å². The topological polar surface area (TPSA) is 27.1 Å². The Balaban J connectivity index is 1.62. The van der Waals surface area contributed by atoms with Crippen molar-refractivity contribution in [1.29, 1.82) is 0 Å². The van der Waals surface area contributed by atoms with Crippen molar-refractivity contribution < 1.29 is 4.74 Å². The first-order valence-electron chi connectivity index (χ1n) is 10.6. The number of rotatable bonds is 6. The molecule has 3 heteroatoms. The predicted octanol–water partition coefficient (Wildman–Crippen LogP) is 6.77. The van der Waals surface area contributed by atoms with Gasteiger partial charge in [-0.15, -0.1) is 0 Å². The molecule has 0 N–H and O–H groups in total. The van der Waals surface area contributed by atoms with Gasteiger partial charge in [-0.05, 0) is 60.0 Å². The van der Waals surface area contributed by atoms with Crippen LogP contribution in [0.15, 0.2) is 103 Å². The Morgan fingerprint density at radius 3 is 2.16 bits per heavy atom. The zero-order chi connectivity index (χ0) is 21.0. The Morgan fingerprint density at radius 1 is 0.742 bits per heavy atom. The summed E-state index contributed by atoms with van der Waals surface area (Å²) in [4.78, 5) is 5.06. The van der Waals surface area contributed by atoms with Crippen LogP contribution < -0.4 is 4.74 Å². The summed E-state index contributed by atoms with van der Waals surface area (Å²) in [6, 6.07) is 33.6. The van der Waals surface area contributed by atoms with Gasteiger partial charge in [-0.3, -0.25) is 0 Å². The van der Waals surface area contributed by atoms with Gasteiger partial charge in [-0.25, -0.2) is 4.98 Å². The van der Waals surface area contributed by atoms with E-state index in [1.54, 1.807) is 0 Å². The maximum Gasteiger partial charge on any atom is 0.141 e. The number of aromatic nitrogens is 2. The van der Waals surface area contributed by atoms with Crippen molar-refractivity contribution in [3.8, 4) is 39.5 Å². The van der Waals surface area contributed by atoms with Crippen molar-refractivity contribution >= 4 is 0 Å². The van der Waals surface area contributed by atoms with E-state index in [0.29, 0.717) is 6.61 Å². The molecule has 3 aromatic carbocycles. The summed E-state index contributed by atoms with van der Waals surface area (Å²) < 4.78 is 7.82. The van der Waals surface area contributed by atoms with E-state index in [-0.39, 0.29) is 0 Å². The minimum absolute atomic E-state index is 0.664. The quantitative estimate of drug-likeness (QED) is 0.312. The molecule has 3 nitrogen and oxygen atoms in total. The molecule has 0 aliphatic carbocycles. The van der Waals surface area contributed by atoms with E-state index in [1.165, 1.54) is 16.7 Å². The molecule has 31 heavy (non-hydrogen) atoms. The van der Waals surface area contributed by atoms with Crippen molar-refractivity contribution in [3.05, 3.63) is 109 Å². The van der Waals surface area contributed by atoms with E-state index in [1.807, 2.05) is 31.2 Å². The lowest BCUT2D eigenvalue weighted by Crippen LogP contribution is -2.05. The van der Waals surface area contributed by atoms with Gasteiger partial charge in [0, 0.05) is 23.9 Å². The van der Waals surface area contributed by atoms with Crippen LogP contribution in [0, 0.1) is 0 Å². The van der Waals surface area contributed by atoms with Crippen LogP contribution in [0.5, 0.6) is 5.75 Å². The molecular weight excluding hydrogens is 380 g/mol. The molecule has 152 valence electrons. The lowest BCUT2D eigenvalue weighted by Gasteiger charge is -2.15. The third-order valence-corrected chi connectivity index (χ3v) is 5.47. The molecule has 0 fully saturated rings. The standard InChI is InChI=1S/C28H24N2O/c1-2-31-24-15-13-23(14-16-24)27-19-26-25(22-11-7-4-8-12-22)17-18-30(28(26)29-27)20-21-9-5-3-6-10-21/h3-19H,2,20H2,1H3. The summed E-state index contributed by atoms with van der Waals surface area (Å²) >= 11 is 0. The Labute approximate surface area is 182 Å². The zero-order valence-electron chi connectivity index (χ0n) is 17.5. The third-order valence-electron chi connectivity index (χ3n) is 5.47. The van der Waals surface area contributed by atoms with Gasteiger partial charge in [0.15, 0.2) is 0 Å². The Kier molecular flexibility index (Phi) is 5.24. The van der Waals surface area contributed by atoms with Gasteiger partial charge in [0.25, 0.3) is 0 Å². The summed E-state index contributed by atoms with van der Waals surface area (Å²) in [5, 5.41) is 0. The van der Waals surface area contributed by atoms with E-state index >= 15 is 0 Å². The highest BCUT2D eigenvalue weighted by Gasteiger charge is 2.19. The largest absolute Gasteiger partial charge is 0.494 e. The molecular formula is C28H24N2O. The number of pyridine rings is 1. The van der Waals surface area contributed by atoms with E-state index in [2.05, 4.69) is 83.6 Å². The Bertz CT molecular complexity index is 1240. The number of benzene rings is 3. The average Bonchev–Trinajstić information content (AvgIpc) is 3.27. The van der Waals surface area contributed by atoms with E-state index < -0.39 is 0 Å². The SMILES string of the molecule is CCOc1ccc(-c2cc3c(-c4ccccc4)ccn(Cc4ccccc4)c-3n2)cc1.